The second-order valence-electron chi connectivity index (χ2n) is 7.14. The van der Waals surface area contributed by atoms with E-state index in [0.717, 1.165) is 19.1 Å². The minimum Gasteiger partial charge on any atom is -0.416 e. The van der Waals surface area contributed by atoms with Gasteiger partial charge in [-0.25, -0.2) is 0 Å². The molecule has 0 rings (SSSR count). The van der Waals surface area contributed by atoms with Crippen molar-refractivity contribution < 1.29 is 17.0 Å². The number of hydrogen-bond donors (Lipinski definition) is 0. The normalized spacial score (nSPS) is 15.0. The molecule has 0 aromatic carbocycles. The smallest absolute Gasteiger partial charge is 0.264 e. The first-order chi connectivity index (χ1) is 9.97. The van der Waals surface area contributed by atoms with Gasteiger partial charge in [-0.1, -0.05) is 48.5 Å². The molecular formula is C16H36O4SSi. The lowest BCUT2D eigenvalue weighted by molar-refractivity contribution is 0.177. The molecule has 6 heteroatoms. The average Bonchev–Trinajstić information content (AvgIpc) is 2.34. The molecule has 0 aliphatic rings. The zero-order valence-corrected chi connectivity index (χ0v) is 17.5. The summed E-state index contributed by atoms with van der Waals surface area (Å²) < 4.78 is 34.0. The summed E-state index contributed by atoms with van der Waals surface area (Å²) in [6.07, 6.45) is 3.15. The van der Waals surface area contributed by atoms with Gasteiger partial charge in [0.25, 0.3) is 10.1 Å². The fourth-order valence-electron chi connectivity index (χ4n) is 3.63. The first-order valence-corrected chi connectivity index (χ1v) is 12.4. The van der Waals surface area contributed by atoms with Crippen molar-refractivity contribution in [1.82, 2.24) is 0 Å². The minimum atomic E-state index is -3.37. The van der Waals surface area contributed by atoms with Gasteiger partial charge in [0.2, 0.25) is 0 Å². The van der Waals surface area contributed by atoms with Crippen LogP contribution in [0.3, 0.4) is 0 Å². The molecule has 0 radical (unpaired) electrons. The van der Waals surface area contributed by atoms with E-state index in [4.69, 9.17) is 8.61 Å². The van der Waals surface area contributed by atoms with Crippen LogP contribution >= 0.6 is 0 Å². The maximum atomic E-state index is 11.2. The Kier molecular flexibility index (Phi) is 9.44. The Bertz CT molecular complexity index is 383. The molecule has 0 aliphatic heterocycles. The highest BCUT2D eigenvalue weighted by Gasteiger charge is 2.44. The van der Waals surface area contributed by atoms with Crippen LogP contribution in [-0.2, 0) is 18.7 Å². The molecule has 4 nitrogen and oxygen atoms in total. The van der Waals surface area contributed by atoms with E-state index in [1.165, 1.54) is 0 Å². The van der Waals surface area contributed by atoms with Gasteiger partial charge < -0.3 is 4.43 Å². The van der Waals surface area contributed by atoms with Gasteiger partial charge in [-0.05, 0) is 35.9 Å². The average molecular weight is 353 g/mol. The molecular weight excluding hydrogens is 316 g/mol. The lowest BCUT2D eigenvalue weighted by atomic mass is 10.2. The summed E-state index contributed by atoms with van der Waals surface area (Å²) in [4.78, 5) is 0. The highest BCUT2D eigenvalue weighted by atomic mass is 32.2. The zero-order valence-electron chi connectivity index (χ0n) is 15.7. The van der Waals surface area contributed by atoms with E-state index in [9.17, 15) is 8.42 Å². The molecule has 0 aromatic heterocycles. The quantitative estimate of drug-likeness (QED) is 0.307. The molecule has 0 N–H and O–H groups in total. The minimum absolute atomic E-state index is 0.230. The molecule has 0 saturated carbocycles. The molecule has 22 heavy (non-hydrogen) atoms. The van der Waals surface area contributed by atoms with E-state index < -0.39 is 18.4 Å². The molecule has 0 heterocycles. The highest BCUT2D eigenvalue weighted by molar-refractivity contribution is 7.86. The third-order valence-electron chi connectivity index (χ3n) is 4.50. The van der Waals surface area contributed by atoms with Crippen LogP contribution in [-0.4, -0.2) is 35.7 Å². The van der Waals surface area contributed by atoms with E-state index >= 15 is 0 Å². The summed E-state index contributed by atoms with van der Waals surface area (Å²) in [6, 6.07) is 0. The predicted octanol–water partition coefficient (Wildman–Crippen LogP) is 4.71. The Labute approximate surface area is 139 Å². The van der Waals surface area contributed by atoms with Gasteiger partial charge in [-0.3, -0.25) is 4.18 Å². The Morgan fingerprint density at radius 3 is 1.73 bits per heavy atom. The molecule has 0 saturated heterocycles. The molecule has 0 aliphatic carbocycles. The predicted molar refractivity (Wildman–Crippen MR) is 96.2 cm³/mol. The van der Waals surface area contributed by atoms with Crippen LogP contribution in [0.5, 0.6) is 0 Å². The Morgan fingerprint density at radius 2 is 1.41 bits per heavy atom. The van der Waals surface area contributed by atoms with Gasteiger partial charge in [-0.15, -0.1) is 0 Å². The maximum absolute atomic E-state index is 11.2. The van der Waals surface area contributed by atoms with Crippen LogP contribution in [0.2, 0.25) is 16.6 Å². The summed E-state index contributed by atoms with van der Waals surface area (Å²) in [5.41, 5.74) is 1.71. The van der Waals surface area contributed by atoms with Gasteiger partial charge in [0.1, 0.15) is 0 Å². The van der Waals surface area contributed by atoms with Crippen molar-refractivity contribution in [3.63, 3.8) is 0 Å². The lowest BCUT2D eigenvalue weighted by Gasteiger charge is -2.42. The van der Waals surface area contributed by atoms with Crippen molar-refractivity contribution >= 4 is 18.4 Å². The molecule has 1 unspecified atom stereocenters. The Morgan fingerprint density at radius 1 is 0.955 bits per heavy atom. The zero-order chi connectivity index (χ0) is 17.6. The summed E-state index contributed by atoms with van der Waals surface area (Å²) in [6.45, 7) is 16.3. The highest BCUT2D eigenvalue weighted by Crippen LogP contribution is 2.42. The number of rotatable bonds is 11. The van der Waals surface area contributed by atoms with Crippen molar-refractivity contribution in [2.24, 2.45) is 0 Å². The Hall–Kier alpha value is 0.0869. The third kappa shape index (κ3) is 6.68. The van der Waals surface area contributed by atoms with Crippen LogP contribution in [0.15, 0.2) is 0 Å². The molecule has 0 fully saturated rings. The van der Waals surface area contributed by atoms with Gasteiger partial charge >= 0.3 is 0 Å². The first-order valence-electron chi connectivity index (χ1n) is 8.49. The van der Waals surface area contributed by atoms with Crippen molar-refractivity contribution in [3.8, 4) is 0 Å². The topological polar surface area (TPSA) is 52.6 Å². The van der Waals surface area contributed by atoms with E-state index in [1.807, 2.05) is 6.92 Å². The fraction of sp³-hybridized carbons (Fsp3) is 1.00. The lowest BCUT2D eigenvalue weighted by Crippen LogP contribution is -2.48. The van der Waals surface area contributed by atoms with E-state index in [0.29, 0.717) is 29.7 Å². The number of hydrogen-bond acceptors (Lipinski definition) is 4. The van der Waals surface area contributed by atoms with Crippen molar-refractivity contribution in [2.75, 3.05) is 12.9 Å². The van der Waals surface area contributed by atoms with Gasteiger partial charge in [0, 0.05) is 6.61 Å². The molecule has 1 atom stereocenters. The van der Waals surface area contributed by atoms with E-state index in [1.54, 1.807) is 0 Å². The standard InChI is InChI=1S/C16H36O4SSi/c1-9-16(20-21(8,17)18)11-10-12-19-22(13(2)3,14(4)5)15(6)7/h13-16H,9-12H2,1-8H3. The molecule has 134 valence electrons. The van der Waals surface area contributed by atoms with Crippen LogP contribution in [0.1, 0.15) is 67.7 Å². The summed E-state index contributed by atoms with van der Waals surface area (Å²) >= 11 is 0. The van der Waals surface area contributed by atoms with Crippen LogP contribution in [0, 0.1) is 0 Å². The largest absolute Gasteiger partial charge is 0.416 e. The molecule has 0 amide bonds. The van der Waals surface area contributed by atoms with E-state index in [2.05, 4.69) is 41.5 Å². The Balaban J connectivity index is 4.58. The second-order valence-corrected chi connectivity index (χ2v) is 14.2. The fourth-order valence-corrected chi connectivity index (χ4v) is 9.85. The molecule has 0 aromatic rings. The SMILES string of the molecule is CCC(CCCO[Si](C(C)C)(C(C)C)C(C)C)OS(C)(=O)=O. The van der Waals surface area contributed by atoms with Crippen molar-refractivity contribution in [3.05, 3.63) is 0 Å². The van der Waals surface area contributed by atoms with Gasteiger partial charge in [-0.2, -0.15) is 8.42 Å². The van der Waals surface area contributed by atoms with Crippen LogP contribution in [0.4, 0.5) is 0 Å². The van der Waals surface area contributed by atoms with Crippen molar-refractivity contribution in [1.29, 1.82) is 0 Å². The summed E-state index contributed by atoms with van der Waals surface area (Å²) in [5.74, 6) is 0. The first kappa shape index (κ1) is 22.1. The maximum Gasteiger partial charge on any atom is 0.264 e. The third-order valence-corrected chi connectivity index (χ3v) is 11.2. The van der Waals surface area contributed by atoms with Crippen LogP contribution < -0.4 is 0 Å². The monoisotopic (exact) mass is 352 g/mol. The van der Waals surface area contributed by atoms with Gasteiger partial charge in [0.15, 0.2) is 8.32 Å². The summed E-state index contributed by atoms with van der Waals surface area (Å²) in [7, 11) is -5.19. The van der Waals surface area contributed by atoms with Gasteiger partial charge in [0.05, 0.1) is 12.4 Å². The summed E-state index contributed by atoms with van der Waals surface area (Å²) in [5, 5.41) is 0. The molecule has 0 bridgehead atoms. The molecule has 0 spiro atoms. The van der Waals surface area contributed by atoms with Crippen molar-refractivity contribution in [2.45, 2.75) is 90.5 Å². The van der Waals surface area contributed by atoms with E-state index in [-0.39, 0.29) is 6.10 Å². The van der Waals surface area contributed by atoms with Crippen LogP contribution in [0.25, 0.3) is 0 Å². The second kappa shape index (κ2) is 9.40.